The Morgan fingerprint density at radius 3 is 2.65 bits per heavy atom. The Balaban J connectivity index is 2.77. The molecule has 0 bridgehead atoms. The van der Waals surface area contributed by atoms with Crippen LogP contribution in [-0.2, 0) is 11.3 Å². The molecule has 0 aliphatic carbocycles. The van der Waals surface area contributed by atoms with Gasteiger partial charge in [0.1, 0.15) is 11.5 Å². The standard InChI is InChI=1S/C13H19N3O4/c1-8(12(17)16-13(18)15-2)20-11-5-4-10(19-3)6-9(11)7-14/h4-6,8H,7,14H2,1-3H3,(H2,15,16,17,18). The average Bonchev–Trinajstić information content (AvgIpc) is 2.47. The Morgan fingerprint density at radius 2 is 2.10 bits per heavy atom. The minimum Gasteiger partial charge on any atom is -0.497 e. The summed E-state index contributed by atoms with van der Waals surface area (Å²) in [7, 11) is 2.97. The molecular formula is C13H19N3O4. The van der Waals surface area contributed by atoms with Crippen molar-refractivity contribution in [3.8, 4) is 11.5 Å². The summed E-state index contributed by atoms with van der Waals surface area (Å²) >= 11 is 0. The van der Waals surface area contributed by atoms with E-state index in [2.05, 4.69) is 10.6 Å². The van der Waals surface area contributed by atoms with Gasteiger partial charge in [0.05, 0.1) is 7.11 Å². The molecule has 1 unspecified atom stereocenters. The van der Waals surface area contributed by atoms with Crippen molar-refractivity contribution in [3.63, 3.8) is 0 Å². The first-order valence-corrected chi connectivity index (χ1v) is 6.08. The van der Waals surface area contributed by atoms with Crippen LogP contribution in [0.4, 0.5) is 4.79 Å². The van der Waals surface area contributed by atoms with Gasteiger partial charge in [-0.2, -0.15) is 0 Å². The third-order valence-corrected chi connectivity index (χ3v) is 2.62. The number of benzene rings is 1. The molecule has 4 N–H and O–H groups in total. The molecule has 7 nitrogen and oxygen atoms in total. The Morgan fingerprint density at radius 1 is 1.40 bits per heavy atom. The van der Waals surface area contributed by atoms with Gasteiger partial charge in [-0.15, -0.1) is 0 Å². The van der Waals surface area contributed by atoms with Gasteiger partial charge >= 0.3 is 6.03 Å². The second-order valence-electron chi connectivity index (χ2n) is 4.01. The van der Waals surface area contributed by atoms with Crippen LogP contribution in [0.3, 0.4) is 0 Å². The molecule has 1 rings (SSSR count). The second-order valence-corrected chi connectivity index (χ2v) is 4.01. The Bertz CT molecular complexity index is 491. The lowest BCUT2D eigenvalue weighted by molar-refractivity contribution is -0.126. The quantitative estimate of drug-likeness (QED) is 0.724. The van der Waals surface area contributed by atoms with Crippen molar-refractivity contribution in [2.24, 2.45) is 5.73 Å². The van der Waals surface area contributed by atoms with Crippen molar-refractivity contribution in [1.82, 2.24) is 10.6 Å². The van der Waals surface area contributed by atoms with Crippen molar-refractivity contribution in [2.75, 3.05) is 14.2 Å². The lowest BCUT2D eigenvalue weighted by atomic mass is 10.2. The Labute approximate surface area is 117 Å². The van der Waals surface area contributed by atoms with E-state index in [1.54, 1.807) is 32.2 Å². The van der Waals surface area contributed by atoms with E-state index in [4.69, 9.17) is 15.2 Å². The number of hydrogen-bond donors (Lipinski definition) is 3. The number of carbonyl (C=O) groups is 2. The van der Waals surface area contributed by atoms with Crippen LogP contribution in [0.1, 0.15) is 12.5 Å². The SMILES string of the molecule is CNC(=O)NC(=O)C(C)Oc1ccc(OC)cc1CN. The molecule has 0 aliphatic heterocycles. The highest BCUT2D eigenvalue weighted by atomic mass is 16.5. The largest absolute Gasteiger partial charge is 0.497 e. The van der Waals surface area contributed by atoms with Crippen LogP contribution in [0.5, 0.6) is 11.5 Å². The molecular weight excluding hydrogens is 262 g/mol. The van der Waals surface area contributed by atoms with Gasteiger partial charge in [-0.1, -0.05) is 0 Å². The van der Waals surface area contributed by atoms with Crippen LogP contribution in [0.25, 0.3) is 0 Å². The van der Waals surface area contributed by atoms with E-state index in [0.717, 1.165) is 0 Å². The Kier molecular flexibility index (Phi) is 5.79. The predicted octanol–water partition coefficient (Wildman–Crippen LogP) is 0.377. The zero-order valence-electron chi connectivity index (χ0n) is 11.7. The van der Waals surface area contributed by atoms with Gasteiger partial charge in [0.15, 0.2) is 6.10 Å². The fourth-order valence-electron chi connectivity index (χ4n) is 1.48. The minimum absolute atomic E-state index is 0.246. The first-order chi connectivity index (χ1) is 9.51. The summed E-state index contributed by atoms with van der Waals surface area (Å²) in [4.78, 5) is 22.7. The molecule has 1 aromatic rings. The maximum atomic E-state index is 11.7. The molecule has 1 aromatic carbocycles. The third kappa shape index (κ3) is 4.13. The molecule has 3 amide bonds. The number of urea groups is 1. The molecule has 0 saturated heterocycles. The van der Waals surface area contributed by atoms with Crippen LogP contribution < -0.4 is 25.8 Å². The number of carbonyl (C=O) groups excluding carboxylic acids is 2. The van der Waals surface area contributed by atoms with Gasteiger partial charge in [-0.3, -0.25) is 10.1 Å². The number of nitrogens with two attached hydrogens (primary N) is 1. The van der Waals surface area contributed by atoms with Gasteiger partial charge in [0.2, 0.25) is 0 Å². The first-order valence-electron chi connectivity index (χ1n) is 6.08. The number of hydrogen-bond acceptors (Lipinski definition) is 5. The lowest BCUT2D eigenvalue weighted by Gasteiger charge is -2.17. The topological polar surface area (TPSA) is 103 Å². The smallest absolute Gasteiger partial charge is 0.321 e. The summed E-state index contributed by atoms with van der Waals surface area (Å²) in [6.45, 7) is 1.79. The molecule has 0 heterocycles. The summed E-state index contributed by atoms with van der Waals surface area (Å²) in [5.74, 6) is 0.594. The summed E-state index contributed by atoms with van der Waals surface area (Å²) in [5, 5.41) is 4.43. The Hall–Kier alpha value is -2.28. The van der Waals surface area contributed by atoms with Gasteiger partial charge in [0, 0.05) is 19.2 Å². The van der Waals surface area contributed by atoms with Crippen molar-refractivity contribution >= 4 is 11.9 Å². The van der Waals surface area contributed by atoms with E-state index in [0.29, 0.717) is 17.1 Å². The second kappa shape index (κ2) is 7.34. The molecule has 20 heavy (non-hydrogen) atoms. The van der Waals surface area contributed by atoms with Crippen LogP contribution >= 0.6 is 0 Å². The summed E-state index contributed by atoms with van der Waals surface area (Å²) in [5.41, 5.74) is 6.34. The fourth-order valence-corrected chi connectivity index (χ4v) is 1.48. The average molecular weight is 281 g/mol. The van der Waals surface area contributed by atoms with Gasteiger partial charge < -0.3 is 20.5 Å². The third-order valence-electron chi connectivity index (χ3n) is 2.62. The maximum absolute atomic E-state index is 11.7. The fraction of sp³-hybridized carbons (Fsp3) is 0.385. The summed E-state index contributed by atoms with van der Waals surface area (Å²) < 4.78 is 10.6. The number of imide groups is 1. The van der Waals surface area contributed by atoms with Crippen molar-refractivity contribution < 1.29 is 19.1 Å². The highest BCUT2D eigenvalue weighted by Gasteiger charge is 2.18. The number of rotatable bonds is 5. The normalized spacial score (nSPS) is 11.4. The monoisotopic (exact) mass is 281 g/mol. The molecule has 0 spiro atoms. The zero-order valence-corrected chi connectivity index (χ0v) is 11.7. The van der Waals surface area contributed by atoms with E-state index in [9.17, 15) is 9.59 Å². The number of ether oxygens (including phenoxy) is 2. The van der Waals surface area contributed by atoms with E-state index < -0.39 is 18.0 Å². The van der Waals surface area contributed by atoms with E-state index in [1.165, 1.54) is 7.05 Å². The van der Waals surface area contributed by atoms with Crippen LogP contribution in [-0.4, -0.2) is 32.2 Å². The van der Waals surface area contributed by atoms with Gasteiger partial charge in [0.25, 0.3) is 5.91 Å². The molecule has 110 valence electrons. The molecule has 0 aliphatic rings. The number of nitrogens with one attached hydrogen (secondary N) is 2. The van der Waals surface area contributed by atoms with E-state index >= 15 is 0 Å². The highest BCUT2D eigenvalue weighted by Crippen LogP contribution is 2.24. The van der Waals surface area contributed by atoms with Crippen LogP contribution in [0.15, 0.2) is 18.2 Å². The van der Waals surface area contributed by atoms with Crippen molar-refractivity contribution in [3.05, 3.63) is 23.8 Å². The number of amides is 3. The maximum Gasteiger partial charge on any atom is 0.321 e. The minimum atomic E-state index is -0.828. The molecule has 0 aromatic heterocycles. The summed E-state index contributed by atoms with van der Waals surface area (Å²) in [6, 6.07) is 4.53. The van der Waals surface area contributed by atoms with Crippen molar-refractivity contribution in [1.29, 1.82) is 0 Å². The van der Waals surface area contributed by atoms with Crippen LogP contribution in [0.2, 0.25) is 0 Å². The zero-order chi connectivity index (χ0) is 15.1. The molecule has 1 atom stereocenters. The molecule has 0 radical (unpaired) electrons. The number of methoxy groups -OCH3 is 1. The van der Waals surface area contributed by atoms with E-state index in [-0.39, 0.29) is 6.54 Å². The van der Waals surface area contributed by atoms with Crippen molar-refractivity contribution in [2.45, 2.75) is 19.6 Å². The lowest BCUT2D eigenvalue weighted by Crippen LogP contribution is -2.44. The summed E-state index contributed by atoms with van der Waals surface area (Å²) in [6.07, 6.45) is -0.828. The highest BCUT2D eigenvalue weighted by molar-refractivity contribution is 5.96. The van der Waals surface area contributed by atoms with E-state index in [1.807, 2.05) is 0 Å². The van der Waals surface area contributed by atoms with Gasteiger partial charge in [-0.25, -0.2) is 4.79 Å². The molecule has 7 heteroatoms. The predicted molar refractivity (Wildman–Crippen MR) is 73.6 cm³/mol. The van der Waals surface area contributed by atoms with Crippen LogP contribution in [0, 0.1) is 0 Å². The first kappa shape index (κ1) is 15.8. The molecule has 0 fully saturated rings. The van der Waals surface area contributed by atoms with Gasteiger partial charge in [-0.05, 0) is 25.1 Å². The molecule has 0 saturated carbocycles.